The van der Waals surface area contributed by atoms with Gasteiger partial charge < -0.3 is 5.73 Å². The van der Waals surface area contributed by atoms with Crippen molar-refractivity contribution < 1.29 is 4.39 Å². The van der Waals surface area contributed by atoms with E-state index >= 15 is 0 Å². The van der Waals surface area contributed by atoms with Crippen LogP contribution in [-0.4, -0.2) is 15.4 Å². The molecule has 2 aromatic rings. The summed E-state index contributed by atoms with van der Waals surface area (Å²) in [5.41, 5.74) is 8.27. The van der Waals surface area contributed by atoms with Crippen molar-refractivity contribution in [3.63, 3.8) is 0 Å². The Kier molecular flexibility index (Phi) is 2.47. The van der Waals surface area contributed by atoms with Crippen LogP contribution in [0.1, 0.15) is 22.9 Å². The van der Waals surface area contributed by atoms with E-state index < -0.39 is 0 Å². The predicted octanol–water partition coefficient (Wildman–Crippen LogP) is 1.30. The van der Waals surface area contributed by atoms with Crippen molar-refractivity contribution >= 4 is 0 Å². The van der Waals surface area contributed by atoms with Crippen LogP contribution in [0.4, 0.5) is 4.39 Å². The van der Waals surface area contributed by atoms with Gasteiger partial charge in [0.25, 0.3) is 0 Å². The number of hydrogen-bond donors (Lipinski definition) is 2. The lowest BCUT2D eigenvalue weighted by Gasteiger charge is -2.11. The lowest BCUT2D eigenvalue weighted by Crippen LogP contribution is -2.13. The van der Waals surface area contributed by atoms with E-state index in [4.69, 9.17) is 5.73 Å². The number of aromatic amines is 1. The molecule has 1 aromatic heterocycles. The fourth-order valence-electron chi connectivity index (χ4n) is 1.51. The molecule has 0 radical (unpaired) electrons. The number of aromatic nitrogens is 3. The van der Waals surface area contributed by atoms with E-state index in [2.05, 4.69) is 15.4 Å². The average Bonchev–Trinajstić information content (AvgIpc) is 2.69. The molecule has 3 N–H and O–H groups in total. The first-order chi connectivity index (χ1) is 7.18. The van der Waals surface area contributed by atoms with E-state index in [1.165, 1.54) is 12.1 Å². The molecule has 0 spiro atoms. The number of hydrogen-bond acceptors (Lipinski definition) is 3. The summed E-state index contributed by atoms with van der Waals surface area (Å²) in [6.45, 7) is 1.82. The molecule has 15 heavy (non-hydrogen) atoms. The van der Waals surface area contributed by atoms with Gasteiger partial charge in [-0.3, -0.25) is 0 Å². The highest BCUT2D eigenvalue weighted by atomic mass is 19.1. The number of aryl methyl sites for hydroxylation is 1. The molecule has 0 aliphatic carbocycles. The maximum atomic E-state index is 12.9. The fourth-order valence-corrected chi connectivity index (χ4v) is 1.51. The van der Waals surface area contributed by atoms with Crippen LogP contribution < -0.4 is 5.73 Å². The molecule has 0 aliphatic heterocycles. The molecule has 0 saturated heterocycles. The Morgan fingerprint density at radius 3 is 2.87 bits per heavy atom. The maximum absolute atomic E-state index is 12.9. The van der Waals surface area contributed by atoms with Gasteiger partial charge in [0.2, 0.25) is 0 Å². The van der Waals surface area contributed by atoms with Gasteiger partial charge in [0, 0.05) is 0 Å². The van der Waals surface area contributed by atoms with Crippen LogP contribution in [0, 0.1) is 12.7 Å². The van der Waals surface area contributed by atoms with Crippen LogP contribution in [-0.2, 0) is 0 Å². The van der Waals surface area contributed by atoms with Gasteiger partial charge in [0.15, 0.2) is 0 Å². The zero-order chi connectivity index (χ0) is 10.8. The molecule has 0 amide bonds. The standard InChI is InChI=1S/C10H11FN4/c1-6-4-7(11)2-3-8(6)10(12)9-5-13-15-14-9/h2-5,10H,12H2,1H3,(H,13,14,15). The molecule has 0 bridgehead atoms. The number of rotatable bonds is 2. The number of benzene rings is 1. The lowest BCUT2D eigenvalue weighted by molar-refractivity contribution is 0.624. The van der Waals surface area contributed by atoms with Crippen molar-refractivity contribution in [1.29, 1.82) is 0 Å². The second-order valence-electron chi connectivity index (χ2n) is 3.37. The first-order valence-electron chi connectivity index (χ1n) is 4.56. The zero-order valence-corrected chi connectivity index (χ0v) is 8.24. The second kappa shape index (κ2) is 3.78. The maximum Gasteiger partial charge on any atom is 0.123 e. The summed E-state index contributed by atoms with van der Waals surface area (Å²) in [4.78, 5) is 0. The molecule has 1 unspecified atom stereocenters. The first kappa shape index (κ1) is 9.79. The molecule has 1 aromatic carbocycles. The highest BCUT2D eigenvalue weighted by Gasteiger charge is 2.13. The molecule has 1 heterocycles. The van der Waals surface area contributed by atoms with Gasteiger partial charge in [0.1, 0.15) is 11.5 Å². The molecule has 2 rings (SSSR count). The van der Waals surface area contributed by atoms with Crippen LogP contribution in [0.3, 0.4) is 0 Å². The topological polar surface area (TPSA) is 67.6 Å². The van der Waals surface area contributed by atoms with Crippen molar-refractivity contribution in [3.8, 4) is 0 Å². The molecule has 0 aliphatic rings. The third-order valence-corrected chi connectivity index (χ3v) is 2.32. The first-order valence-corrected chi connectivity index (χ1v) is 4.56. The molecule has 1 atom stereocenters. The normalized spacial score (nSPS) is 12.7. The summed E-state index contributed by atoms with van der Waals surface area (Å²) in [7, 11) is 0. The second-order valence-corrected chi connectivity index (χ2v) is 3.37. The lowest BCUT2D eigenvalue weighted by atomic mass is 10.00. The van der Waals surface area contributed by atoms with E-state index in [9.17, 15) is 4.39 Å². The van der Waals surface area contributed by atoms with E-state index in [1.807, 2.05) is 6.92 Å². The molecule has 5 heteroatoms. The summed E-state index contributed by atoms with van der Waals surface area (Å²) < 4.78 is 12.9. The van der Waals surface area contributed by atoms with Gasteiger partial charge in [-0.15, -0.1) is 0 Å². The van der Waals surface area contributed by atoms with Crippen molar-refractivity contribution in [3.05, 3.63) is 47.0 Å². The third kappa shape index (κ3) is 1.87. The van der Waals surface area contributed by atoms with E-state index in [-0.39, 0.29) is 11.9 Å². The van der Waals surface area contributed by atoms with Crippen LogP contribution in [0.2, 0.25) is 0 Å². The number of H-pyrrole nitrogens is 1. The van der Waals surface area contributed by atoms with Gasteiger partial charge in [-0.1, -0.05) is 6.07 Å². The Bertz CT molecular complexity index is 452. The molecule has 78 valence electrons. The Morgan fingerprint density at radius 1 is 1.47 bits per heavy atom. The van der Waals surface area contributed by atoms with Gasteiger partial charge >= 0.3 is 0 Å². The summed E-state index contributed by atoms with van der Waals surface area (Å²) >= 11 is 0. The smallest absolute Gasteiger partial charge is 0.123 e. The SMILES string of the molecule is Cc1cc(F)ccc1C(N)c1cn[nH]n1. The van der Waals surface area contributed by atoms with Crippen molar-refractivity contribution in [2.75, 3.05) is 0 Å². The van der Waals surface area contributed by atoms with Gasteiger partial charge in [-0.2, -0.15) is 15.4 Å². The minimum Gasteiger partial charge on any atom is -0.319 e. The Morgan fingerprint density at radius 2 is 2.27 bits per heavy atom. The Balaban J connectivity index is 2.38. The third-order valence-electron chi connectivity index (χ3n) is 2.32. The minimum absolute atomic E-state index is 0.261. The molecule has 0 fully saturated rings. The molecular formula is C10H11FN4. The Labute approximate surface area is 86.3 Å². The van der Waals surface area contributed by atoms with Crippen molar-refractivity contribution in [2.45, 2.75) is 13.0 Å². The minimum atomic E-state index is -0.371. The fraction of sp³-hybridized carbons (Fsp3) is 0.200. The molecule has 4 nitrogen and oxygen atoms in total. The van der Waals surface area contributed by atoms with Gasteiger partial charge in [0.05, 0.1) is 12.2 Å². The van der Waals surface area contributed by atoms with E-state index in [1.54, 1.807) is 12.3 Å². The van der Waals surface area contributed by atoms with Crippen LogP contribution in [0.5, 0.6) is 0 Å². The van der Waals surface area contributed by atoms with Gasteiger partial charge in [-0.25, -0.2) is 4.39 Å². The number of nitrogens with two attached hydrogens (primary N) is 1. The van der Waals surface area contributed by atoms with Gasteiger partial charge in [-0.05, 0) is 30.2 Å². The zero-order valence-electron chi connectivity index (χ0n) is 8.24. The van der Waals surface area contributed by atoms with E-state index in [0.717, 1.165) is 11.1 Å². The monoisotopic (exact) mass is 206 g/mol. The van der Waals surface area contributed by atoms with Crippen LogP contribution >= 0.6 is 0 Å². The summed E-state index contributed by atoms with van der Waals surface area (Å²) in [6, 6.07) is 4.14. The van der Waals surface area contributed by atoms with E-state index in [0.29, 0.717) is 5.69 Å². The average molecular weight is 206 g/mol. The summed E-state index contributed by atoms with van der Waals surface area (Å²) in [5.74, 6) is -0.261. The quantitative estimate of drug-likeness (QED) is 0.778. The van der Waals surface area contributed by atoms with Crippen molar-refractivity contribution in [2.24, 2.45) is 5.73 Å². The number of nitrogens with one attached hydrogen (secondary N) is 1. The predicted molar refractivity (Wildman–Crippen MR) is 53.6 cm³/mol. The molecular weight excluding hydrogens is 195 g/mol. The summed E-state index contributed by atoms with van der Waals surface area (Å²) in [5, 5.41) is 10.1. The number of nitrogens with zero attached hydrogens (tertiary/aromatic N) is 2. The van der Waals surface area contributed by atoms with Crippen LogP contribution in [0.15, 0.2) is 24.4 Å². The highest BCUT2D eigenvalue weighted by molar-refractivity contribution is 5.33. The largest absolute Gasteiger partial charge is 0.319 e. The Hall–Kier alpha value is -1.75. The summed E-state index contributed by atoms with van der Waals surface area (Å²) in [6.07, 6.45) is 1.56. The van der Waals surface area contributed by atoms with Crippen LogP contribution in [0.25, 0.3) is 0 Å². The highest BCUT2D eigenvalue weighted by Crippen LogP contribution is 2.20. The van der Waals surface area contributed by atoms with Crippen molar-refractivity contribution in [1.82, 2.24) is 15.4 Å². The molecule has 0 saturated carbocycles. The number of halogens is 1.